The molecule has 1 atom stereocenters. The summed E-state index contributed by atoms with van der Waals surface area (Å²) in [5.41, 5.74) is 1.66. The van der Waals surface area contributed by atoms with E-state index < -0.39 is 11.8 Å². The second kappa shape index (κ2) is 9.50. The fourth-order valence-electron chi connectivity index (χ4n) is 4.61. The van der Waals surface area contributed by atoms with Gasteiger partial charge in [0.25, 0.3) is 0 Å². The van der Waals surface area contributed by atoms with Gasteiger partial charge in [-0.3, -0.25) is 14.5 Å². The highest BCUT2D eigenvalue weighted by Crippen LogP contribution is 2.33. The van der Waals surface area contributed by atoms with Crippen molar-refractivity contribution in [1.29, 1.82) is 0 Å². The molecule has 0 saturated carbocycles. The second-order valence-electron chi connectivity index (χ2n) is 8.35. The van der Waals surface area contributed by atoms with Crippen LogP contribution in [0, 0.1) is 0 Å². The standard InChI is InChI=1S/C26H27N3O4/c30-25(26(31)28-19-10-11-23-24(16-19)33-15-14-32-23)27-17-22(29-12-3-4-13-29)21-9-5-7-18-6-1-2-8-20(18)21/h1-2,5-11,16,22H,3-4,12-15,17H2,(H,27,30)(H,28,31)/t22-/m1/s1. The largest absolute Gasteiger partial charge is 0.486 e. The Hall–Kier alpha value is -3.58. The lowest BCUT2D eigenvalue weighted by atomic mass is 9.97. The number of nitrogens with zero attached hydrogens (tertiary/aromatic N) is 1. The molecule has 170 valence electrons. The molecule has 2 heterocycles. The molecular weight excluding hydrogens is 418 g/mol. The highest BCUT2D eigenvalue weighted by atomic mass is 16.6. The van der Waals surface area contributed by atoms with Crippen LogP contribution in [-0.4, -0.2) is 49.6 Å². The van der Waals surface area contributed by atoms with Crippen LogP contribution in [-0.2, 0) is 9.59 Å². The zero-order chi connectivity index (χ0) is 22.6. The number of likely N-dealkylation sites (tertiary alicyclic amines) is 1. The van der Waals surface area contributed by atoms with E-state index in [1.54, 1.807) is 18.2 Å². The molecule has 2 aliphatic rings. The zero-order valence-electron chi connectivity index (χ0n) is 18.4. The summed E-state index contributed by atoms with van der Waals surface area (Å²) in [4.78, 5) is 27.6. The molecule has 2 N–H and O–H groups in total. The van der Waals surface area contributed by atoms with Crippen molar-refractivity contribution < 1.29 is 19.1 Å². The number of hydrogen-bond acceptors (Lipinski definition) is 5. The molecule has 2 amide bonds. The monoisotopic (exact) mass is 445 g/mol. The minimum Gasteiger partial charge on any atom is -0.486 e. The van der Waals surface area contributed by atoms with E-state index >= 15 is 0 Å². The van der Waals surface area contributed by atoms with Gasteiger partial charge in [-0.2, -0.15) is 0 Å². The van der Waals surface area contributed by atoms with Gasteiger partial charge >= 0.3 is 11.8 Å². The van der Waals surface area contributed by atoms with Gasteiger partial charge in [-0.1, -0.05) is 42.5 Å². The minimum absolute atomic E-state index is 0.00430. The van der Waals surface area contributed by atoms with Crippen LogP contribution in [0.1, 0.15) is 24.4 Å². The Labute approximate surface area is 192 Å². The molecule has 7 nitrogen and oxygen atoms in total. The number of fused-ring (bicyclic) bond motifs is 2. The molecule has 33 heavy (non-hydrogen) atoms. The van der Waals surface area contributed by atoms with E-state index in [9.17, 15) is 9.59 Å². The maximum atomic E-state index is 12.7. The smallest absolute Gasteiger partial charge is 0.313 e. The average Bonchev–Trinajstić information content (AvgIpc) is 3.39. The van der Waals surface area contributed by atoms with E-state index in [1.165, 1.54) is 16.3 Å². The third-order valence-corrected chi connectivity index (χ3v) is 6.23. The number of rotatable bonds is 5. The van der Waals surface area contributed by atoms with Crippen molar-refractivity contribution in [3.63, 3.8) is 0 Å². The van der Waals surface area contributed by atoms with Gasteiger partial charge in [0, 0.05) is 18.3 Å². The first-order valence-corrected chi connectivity index (χ1v) is 11.4. The van der Waals surface area contributed by atoms with E-state index in [2.05, 4.69) is 45.9 Å². The Balaban J connectivity index is 1.29. The number of ether oxygens (including phenoxy) is 2. The summed E-state index contributed by atoms with van der Waals surface area (Å²) in [6, 6.07) is 19.6. The van der Waals surface area contributed by atoms with Crippen LogP contribution in [0.25, 0.3) is 10.8 Å². The van der Waals surface area contributed by atoms with Crippen LogP contribution >= 0.6 is 0 Å². The maximum Gasteiger partial charge on any atom is 0.313 e. The summed E-state index contributed by atoms with van der Waals surface area (Å²) in [6.45, 7) is 3.27. The van der Waals surface area contributed by atoms with Crippen molar-refractivity contribution in [3.05, 3.63) is 66.2 Å². The van der Waals surface area contributed by atoms with Crippen LogP contribution in [0.15, 0.2) is 60.7 Å². The molecule has 7 heteroatoms. The molecular formula is C26H27N3O4. The number of carbonyl (C=O) groups excluding carboxylic acids is 2. The summed E-state index contributed by atoms with van der Waals surface area (Å²) in [5.74, 6) is -0.171. The SMILES string of the molecule is O=C(NC[C@H](c1cccc2ccccc12)N1CCCC1)C(=O)Nc1ccc2c(c1)OCCO2. The lowest BCUT2D eigenvalue weighted by molar-refractivity contribution is -0.136. The van der Waals surface area contributed by atoms with Gasteiger partial charge in [-0.25, -0.2) is 0 Å². The molecule has 0 radical (unpaired) electrons. The van der Waals surface area contributed by atoms with E-state index in [0.29, 0.717) is 36.9 Å². The molecule has 1 saturated heterocycles. The van der Waals surface area contributed by atoms with Gasteiger partial charge in [0.2, 0.25) is 0 Å². The fraction of sp³-hybridized carbons (Fsp3) is 0.308. The Bertz CT molecular complexity index is 1170. The number of carbonyl (C=O) groups is 2. The normalized spacial score (nSPS) is 16.4. The second-order valence-corrected chi connectivity index (χ2v) is 8.35. The quantitative estimate of drug-likeness (QED) is 0.588. The van der Waals surface area contributed by atoms with Gasteiger partial charge in [0.15, 0.2) is 11.5 Å². The molecule has 2 aliphatic heterocycles. The van der Waals surface area contributed by atoms with Crippen molar-refractivity contribution in [2.45, 2.75) is 18.9 Å². The highest BCUT2D eigenvalue weighted by molar-refractivity contribution is 6.39. The van der Waals surface area contributed by atoms with Gasteiger partial charge in [0.05, 0.1) is 6.04 Å². The van der Waals surface area contributed by atoms with Crippen LogP contribution < -0.4 is 20.1 Å². The zero-order valence-corrected chi connectivity index (χ0v) is 18.4. The predicted octanol–water partition coefficient (Wildman–Crippen LogP) is 3.50. The van der Waals surface area contributed by atoms with Crippen molar-refractivity contribution in [3.8, 4) is 11.5 Å². The third-order valence-electron chi connectivity index (χ3n) is 6.23. The van der Waals surface area contributed by atoms with Crippen molar-refractivity contribution in [2.75, 3.05) is 38.2 Å². The van der Waals surface area contributed by atoms with Gasteiger partial charge < -0.3 is 20.1 Å². The first-order valence-electron chi connectivity index (χ1n) is 11.4. The van der Waals surface area contributed by atoms with E-state index in [1.807, 2.05) is 12.1 Å². The Morgan fingerprint density at radius 1 is 0.879 bits per heavy atom. The van der Waals surface area contributed by atoms with Gasteiger partial charge in [0.1, 0.15) is 13.2 Å². The summed E-state index contributed by atoms with van der Waals surface area (Å²) >= 11 is 0. The summed E-state index contributed by atoms with van der Waals surface area (Å²) in [7, 11) is 0. The first kappa shape index (κ1) is 21.3. The number of amides is 2. The number of nitrogens with one attached hydrogen (secondary N) is 2. The summed E-state index contributed by atoms with van der Waals surface area (Å²) < 4.78 is 11.0. The Morgan fingerprint density at radius 2 is 1.64 bits per heavy atom. The van der Waals surface area contributed by atoms with Crippen molar-refractivity contribution >= 4 is 28.3 Å². The number of anilines is 1. The molecule has 3 aromatic carbocycles. The summed E-state index contributed by atoms with van der Waals surface area (Å²) in [5, 5.41) is 7.85. The number of benzene rings is 3. The third kappa shape index (κ3) is 4.64. The lowest BCUT2D eigenvalue weighted by Crippen LogP contribution is -2.41. The van der Waals surface area contributed by atoms with Gasteiger partial charge in [-0.15, -0.1) is 0 Å². The average molecular weight is 446 g/mol. The molecule has 0 aromatic heterocycles. The Morgan fingerprint density at radius 3 is 2.48 bits per heavy atom. The molecule has 0 spiro atoms. The first-order chi connectivity index (χ1) is 16.2. The van der Waals surface area contributed by atoms with Crippen LogP contribution in [0.3, 0.4) is 0 Å². The molecule has 3 aromatic rings. The highest BCUT2D eigenvalue weighted by Gasteiger charge is 2.26. The molecule has 0 bridgehead atoms. The van der Waals surface area contributed by atoms with Crippen molar-refractivity contribution in [1.82, 2.24) is 10.2 Å². The van der Waals surface area contributed by atoms with E-state index in [4.69, 9.17) is 9.47 Å². The van der Waals surface area contributed by atoms with Gasteiger partial charge in [-0.05, 0) is 54.4 Å². The lowest BCUT2D eigenvalue weighted by Gasteiger charge is -2.29. The Kier molecular flexibility index (Phi) is 6.13. The molecule has 0 aliphatic carbocycles. The van der Waals surface area contributed by atoms with Crippen LogP contribution in [0.4, 0.5) is 5.69 Å². The maximum absolute atomic E-state index is 12.7. The fourth-order valence-corrected chi connectivity index (χ4v) is 4.61. The molecule has 0 unspecified atom stereocenters. The predicted molar refractivity (Wildman–Crippen MR) is 127 cm³/mol. The number of hydrogen-bond donors (Lipinski definition) is 2. The topological polar surface area (TPSA) is 79.9 Å². The molecule has 1 fully saturated rings. The van der Waals surface area contributed by atoms with Crippen LogP contribution in [0.2, 0.25) is 0 Å². The van der Waals surface area contributed by atoms with E-state index in [-0.39, 0.29) is 6.04 Å². The van der Waals surface area contributed by atoms with Crippen LogP contribution in [0.5, 0.6) is 11.5 Å². The molecule has 5 rings (SSSR count). The summed E-state index contributed by atoms with van der Waals surface area (Å²) in [6.07, 6.45) is 2.28. The minimum atomic E-state index is -0.704. The van der Waals surface area contributed by atoms with Crippen molar-refractivity contribution in [2.24, 2.45) is 0 Å². The van der Waals surface area contributed by atoms with E-state index in [0.717, 1.165) is 25.9 Å².